The summed E-state index contributed by atoms with van der Waals surface area (Å²) in [6, 6.07) is -2.86. The van der Waals surface area contributed by atoms with Gasteiger partial charge in [0, 0.05) is 55.4 Å². The predicted molar refractivity (Wildman–Crippen MR) is 263 cm³/mol. The molecule has 0 spiro atoms. The van der Waals surface area contributed by atoms with Gasteiger partial charge in [-0.25, -0.2) is 0 Å². The van der Waals surface area contributed by atoms with Gasteiger partial charge in [0.1, 0.15) is 59.5 Å². The molecule has 23 N–H and O–H groups in total. The summed E-state index contributed by atoms with van der Waals surface area (Å²) in [7, 11) is 6.58. The first-order valence-corrected chi connectivity index (χ1v) is 24.3. The number of nitrogens with zero attached hydrogens (tertiary/aromatic N) is 2. The number of nitrogens with two attached hydrogens (primary N) is 6. The maximum absolute atomic E-state index is 14.0. The number of benzene rings is 1. The molecule has 1 aromatic carbocycles. The lowest BCUT2D eigenvalue weighted by molar-refractivity contribution is -0.314. The Kier molecular flexibility index (Phi) is 17.9. The first-order valence-electron chi connectivity index (χ1n) is 24.3. The van der Waals surface area contributed by atoms with Crippen molar-refractivity contribution < 1.29 is 84.1 Å². The van der Waals surface area contributed by atoms with Crippen LogP contribution in [0, 0.1) is 11.8 Å². The number of aromatic hydroxyl groups is 1. The molecule has 0 aromatic heterocycles. The van der Waals surface area contributed by atoms with Gasteiger partial charge in [0.15, 0.2) is 24.0 Å². The Bertz CT molecular complexity index is 2350. The van der Waals surface area contributed by atoms with Crippen molar-refractivity contribution in [1.29, 1.82) is 0 Å². The minimum atomic E-state index is -2.73. The molecule has 2 aliphatic heterocycles. The van der Waals surface area contributed by atoms with Crippen molar-refractivity contribution in [1.82, 2.24) is 10.2 Å². The molecule has 1 aromatic rings. The van der Waals surface area contributed by atoms with Crippen molar-refractivity contribution in [3.8, 4) is 5.75 Å². The Labute approximate surface area is 427 Å². The topological polar surface area (TPSA) is 474 Å². The highest BCUT2D eigenvalue weighted by atomic mass is 16.7. The maximum atomic E-state index is 14.0. The SMILES string of the molecule is CN(C)c1cc(NC(=O)CNC(C)(C)C)c(O)c2c1C[C@H]1C[C@H]3[C@H](N(C)C)C(=O)C(C(N)=O)=C(O)[C@@]3(O)C(=O)C1=C2O.NC[C@H]1O[C@H](O[C@H]2[C@H](O)[C@@H](O[C@H]3O[C@H](CO)[C@@H](O)[C@H](N)[C@H]3O)[C@H](N)C[C@@H]2N)[C@H](N)C[C@@H]1O. The molecule has 2 heterocycles. The number of aliphatic hydroxyl groups excluding tert-OH is 7. The molecule has 74 heavy (non-hydrogen) atoms. The fraction of sp³-hybridized carbons (Fsp3) is 0.702. The van der Waals surface area contributed by atoms with E-state index in [1.165, 1.54) is 4.90 Å². The van der Waals surface area contributed by atoms with E-state index in [4.69, 9.17) is 53.3 Å². The number of phenols is 1. The molecular formula is C47H76N10O17. The zero-order valence-corrected chi connectivity index (χ0v) is 42.5. The highest BCUT2D eigenvalue weighted by Gasteiger charge is 2.64. The minimum Gasteiger partial charge on any atom is -0.508 e. The van der Waals surface area contributed by atoms with E-state index in [9.17, 15) is 65.1 Å². The molecule has 6 aliphatic rings. The number of rotatable bonds is 12. The monoisotopic (exact) mass is 1050 g/mol. The van der Waals surface area contributed by atoms with E-state index in [2.05, 4.69) is 10.6 Å². The average Bonchev–Trinajstić information content (AvgIpc) is 3.30. The van der Waals surface area contributed by atoms with E-state index in [-0.39, 0.29) is 61.1 Å². The summed E-state index contributed by atoms with van der Waals surface area (Å²) in [5.41, 5.74) is 31.9. The second-order valence-corrected chi connectivity index (χ2v) is 21.4. The van der Waals surface area contributed by atoms with Gasteiger partial charge in [0.25, 0.3) is 5.91 Å². The van der Waals surface area contributed by atoms with Gasteiger partial charge in [-0.15, -0.1) is 0 Å². The van der Waals surface area contributed by atoms with Gasteiger partial charge in [0.2, 0.25) is 11.7 Å². The van der Waals surface area contributed by atoms with Crippen LogP contribution in [0.3, 0.4) is 0 Å². The quantitative estimate of drug-likeness (QED) is 0.0684. The molecule has 0 radical (unpaired) electrons. The van der Waals surface area contributed by atoms with Gasteiger partial charge >= 0.3 is 0 Å². The van der Waals surface area contributed by atoms with Crippen molar-refractivity contribution in [2.45, 2.75) is 149 Å². The Balaban J connectivity index is 0.000000250. The Morgan fingerprint density at radius 2 is 1.46 bits per heavy atom. The first-order chi connectivity index (χ1) is 34.4. The molecule has 416 valence electrons. The smallest absolute Gasteiger partial charge is 0.255 e. The van der Waals surface area contributed by atoms with Crippen molar-refractivity contribution in [3.05, 3.63) is 34.1 Å². The van der Waals surface area contributed by atoms with Crippen LogP contribution < -0.4 is 49.9 Å². The number of hydrogen-bond acceptors (Lipinski definition) is 25. The Morgan fingerprint density at radius 1 is 0.865 bits per heavy atom. The number of amides is 2. The van der Waals surface area contributed by atoms with Crippen LogP contribution in [0.25, 0.3) is 5.76 Å². The number of likely N-dealkylation sites (N-methyl/N-ethyl adjacent to an activating group) is 1. The Morgan fingerprint density at radius 3 is 2.00 bits per heavy atom. The van der Waals surface area contributed by atoms with Gasteiger partial charge in [0.05, 0.1) is 54.7 Å². The van der Waals surface area contributed by atoms with Gasteiger partial charge in [-0.1, -0.05) is 0 Å². The van der Waals surface area contributed by atoms with Gasteiger partial charge < -0.3 is 115 Å². The number of hydrogen-bond donors (Lipinski definition) is 17. The average molecular weight is 1050 g/mol. The minimum absolute atomic E-state index is 0.00158. The maximum Gasteiger partial charge on any atom is 0.255 e. The number of anilines is 2. The number of carbonyl (C=O) groups excluding carboxylic acids is 4. The molecule has 0 bridgehead atoms. The van der Waals surface area contributed by atoms with Crippen LogP contribution >= 0.6 is 0 Å². The molecule has 27 heteroatoms. The molecular weight excluding hydrogens is 977 g/mol. The van der Waals surface area contributed by atoms with Crippen molar-refractivity contribution in [2.24, 2.45) is 46.2 Å². The van der Waals surface area contributed by atoms with Gasteiger partial charge in [-0.05, 0) is 78.1 Å². The van der Waals surface area contributed by atoms with E-state index in [1.807, 2.05) is 20.8 Å². The predicted octanol–water partition coefficient (Wildman–Crippen LogP) is -5.94. The highest BCUT2D eigenvalue weighted by molar-refractivity contribution is 6.24. The molecule has 2 amide bonds. The summed E-state index contributed by atoms with van der Waals surface area (Å²) in [5.74, 6) is -7.79. The van der Waals surface area contributed by atoms with E-state index >= 15 is 0 Å². The third kappa shape index (κ3) is 11.2. The number of Topliss-reactive ketones (excluding diaryl/α,β-unsaturated/α-hetero) is 2. The second kappa shape index (κ2) is 22.6. The fourth-order valence-corrected chi connectivity index (χ4v) is 10.8. The molecule has 2 saturated heterocycles. The van der Waals surface area contributed by atoms with Crippen LogP contribution in [0.2, 0.25) is 0 Å². The summed E-state index contributed by atoms with van der Waals surface area (Å²) in [4.78, 5) is 55.3. The molecule has 18 atom stereocenters. The number of nitrogens with one attached hydrogen (secondary N) is 2. The number of ether oxygens (including phenoxy) is 4. The van der Waals surface area contributed by atoms with Crippen molar-refractivity contribution in [2.75, 3.05) is 58.1 Å². The number of phenolic OH excluding ortho intramolecular Hbond substituents is 1. The lowest BCUT2D eigenvalue weighted by Crippen LogP contribution is -2.68. The van der Waals surface area contributed by atoms with Gasteiger partial charge in [-0.2, -0.15) is 0 Å². The number of primary amides is 1. The molecule has 2 saturated carbocycles. The Hall–Kier alpha value is -4.50. The van der Waals surface area contributed by atoms with Crippen LogP contribution in [0.5, 0.6) is 5.75 Å². The van der Waals surface area contributed by atoms with Crippen LogP contribution in [0.15, 0.2) is 23.0 Å². The number of aliphatic hydroxyl groups is 8. The lowest BCUT2D eigenvalue weighted by Gasteiger charge is -2.50. The van der Waals surface area contributed by atoms with E-state index in [0.29, 0.717) is 11.3 Å². The summed E-state index contributed by atoms with van der Waals surface area (Å²) >= 11 is 0. The second-order valence-electron chi connectivity index (χ2n) is 21.4. The van der Waals surface area contributed by atoms with Crippen LogP contribution in [-0.2, 0) is 44.5 Å². The number of carbonyl (C=O) groups is 4. The lowest BCUT2D eigenvalue weighted by atomic mass is 9.57. The molecule has 4 aliphatic carbocycles. The first kappa shape index (κ1) is 58.8. The largest absolute Gasteiger partial charge is 0.508 e. The zero-order chi connectivity index (χ0) is 55.4. The molecule has 27 nitrogen and oxygen atoms in total. The molecule has 7 rings (SSSR count). The summed E-state index contributed by atoms with van der Waals surface area (Å²) in [6.07, 6.45) is -10.6. The fourth-order valence-electron chi connectivity index (χ4n) is 10.8. The van der Waals surface area contributed by atoms with Crippen molar-refractivity contribution in [3.63, 3.8) is 0 Å². The third-order valence-corrected chi connectivity index (χ3v) is 14.6. The normalized spacial score (nSPS) is 37.4. The highest BCUT2D eigenvalue weighted by Crippen LogP contribution is 2.54. The number of ketones is 2. The van der Waals surface area contributed by atoms with Crippen LogP contribution in [0.4, 0.5) is 11.4 Å². The van der Waals surface area contributed by atoms with Crippen LogP contribution in [0.1, 0.15) is 51.2 Å². The molecule has 4 fully saturated rings. The zero-order valence-electron chi connectivity index (χ0n) is 42.5. The van der Waals surface area contributed by atoms with Crippen molar-refractivity contribution >= 4 is 40.5 Å². The van der Waals surface area contributed by atoms with E-state index < -0.39 is 162 Å². The molecule has 0 unspecified atom stereocenters. The number of fused-ring (bicyclic) bond motifs is 3. The summed E-state index contributed by atoms with van der Waals surface area (Å²) < 4.78 is 22.7. The summed E-state index contributed by atoms with van der Waals surface area (Å²) in [6.45, 7) is 5.12. The van der Waals surface area contributed by atoms with Crippen LogP contribution in [-0.4, -0.2) is 225 Å². The van der Waals surface area contributed by atoms with E-state index in [1.54, 1.807) is 39.2 Å². The standard InChI is InChI=1S/C29H39N5O8.C18H37N5O9/c1-28(2,3)31-11-17(35)32-15-10-16(33(4)5)13-8-12-9-14-21(34(6)7)24(38)20(27(30)41)26(40)29(14,42)25(39)18(12)23(37)19(13)22(15)36;19-3-9-8(25)2-7(22)17(29-9)31-15-5(20)1-6(21)16(14(15)28)32-18-13(27)11(23)12(26)10(4-24)30-18/h10,12,14,21,31,36-37,40,42H,8-9,11H2,1-7H3,(H2,30,41)(H,32,35);5-18,24-28H,1-4,19-23H2/t12-,14-,21-,29-;5-,6+,7+,8-,9+,10+,11-,12+,13+,14-,15+,16-,17+,18+/m00/s1. The van der Waals surface area contributed by atoms with Gasteiger partial charge in [-0.3, -0.25) is 24.1 Å². The van der Waals surface area contributed by atoms with E-state index in [0.717, 1.165) is 0 Å². The summed E-state index contributed by atoms with van der Waals surface area (Å²) in [5, 5.41) is 102. The third-order valence-electron chi connectivity index (χ3n) is 14.6.